The number of aromatic hydroxyl groups is 1. The zero-order valence-corrected chi connectivity index (χ0v) is 25.0. The van der Waals surface area contributed by atoms with Gasteiger partial charge in [-0.1, -0.05) is 6.42 Å². The summed E-state index contributed by atoms with van der Waals surface area (Å²) >= 11 is 0. The number of allylic oxidation sites excluding steroid dienone is 1. The number of phenolic OH excluding ortho intramolecular Hbond substituents is 1. The van der Waals surface area contributed by atoms with E-state index in [9.17, 15) is 34.8 Å². The summed E-state index contributed by atoms with van der Waals surface area (Å²) in [5, 5.41) is 46.1. The number of fused-ring (bicyclic) bond motifs is 4. The van der Waals surface area contributed by atoms with Gasteiger partial charge in [-0.15, -0.1) is 0 Å². The summed E-state index contributed by atoms with van der Waals surface area (Å²) in [6.45, 7) is 3.54. The van der Waals surface area contributed by atoms with Crippen molar-refractivity contribution in [1.29, 1.82) is 0 Å². The smallest absolute Gasteiger partial charge is 0.209 e. The number of likely N-dealkylation sites (tertiary alicyclic amines) is 1. The van der Waals surface area contributed by atoms with Gasteiger partial charge in [0.2, 0.25) is 5.78 Å². The van der Waals surface area contributed by atoms with Gasteiger partial charge in [0.25, 0.3) is 0 Å². The van der Waals surface area contributed by atoms with Crippen LogP contribution in [-0.4, -0.2) is 100 Å². The molecule has 1 heterocycles. The molecule has 1 saturated carbocycles. The number of rotatable bonds is 5. The maximum Gasteiger partial charge on any atom is 0.209 e. The minimum absolute atomic E-state index is 0.0908. The number of Topliss-reactive ketones (excluding diaryl/α,β-unsaturated/α-hetero) is 3. The number of aliphatic hydroxyl groups is 3. The van der Waals surface area contributed by atoms with Crippen molar-refractivity contribution in [1.82, 2.24) is 9.80 Å². The third-order valence-electron chi connectivity index (χ3n) is 10.6. The van der Waals surface area contributed by atoms with Crippen molar-refractivity contribution in [3.63, 3.8) is 0 Å². The summed E-state index contributed by atoms with van der Waals surface area (Å²) in [6.07, 6.45) is 4.12. The van der Waals surface area contributed by atoms with Crippen LogP contribution in [0, 0.1) is 23.7 Å². The molecular formula is C32H41N3O7. The summed E-state index contributed by atoms with van der Waals surface area (Å²) in [5.41, 5.74) is -1.06. The van der Waals surface area contributed by atoms with Crippen LogP contribution < -0.4 is 4.90 Å². The van der Waals surface area contributed by atoms with E-state index in [0.29, 0.717) is 35.9 Å². The summed E-state index contributed by atoms with van der Waals surface area (Å²) < 4.78 is 0. The first kappa shape index (κ1) is 28.9. The highest BCUT2D eigenvalue weighted by atomic mass is 16.3. The Hall–Kier alpha value is -3.21. The first-order chi connectivity index (χ1) is 19.8. The summed E-state index contributed by atoms with van der Waals surface area (Å²) in [7, 11) is 7.09. The van der Waals surface area contributed by atoms with Crippen molar-refractivity contribution in [2.24, 2.45) is 23.7 Å². The molecule has 2 fully saturated rings. The van der Waals surface area contributed by atoms with Crippen LogP contribution in [0.15, 0.2) is 28.7 Å². The van der Waals surface area contributed by atoms with Gasteiger partial charge in [-0.3, -0.25) is 24.2 Å². The van der Waals surface area contributed by atoms with Gasteiger partial charge < -0.3 is 25.3 Å². The molecule has 0 aromatic heterocycles. The van der Waals surface area contributed by atoms with Gasteiger partial charge in [0.15, 0.2) is 17.2 Å². The van der Waals surface area contributed by atoms with E-state index in [1.807, 2.05) is 25.1 Å². The lowest BCUT2D eigenvalue weighted by Gasteiger charge is -2.50. The molecule has 1 aromatic rings. The maximum absolute atomic E-state index is 14.3. The molecule has 0 radical (unpaired) electrons. The molecule has 10 heteroatoms. The number of hydrogen-bond acceptors (Lipinski definition) is 10. The van der Waals surface area contributed by atoms with Crippen LogP contribution in [0.25, 0.3) is 0 Å². The Morgan fingerprint density at radius 1 is 1.07 bits per heavy atom. The van der Waals surface area contributed by atoms with E-state index in [0.717, 1.165) is 25.7 Å². The highest BCUT2D eigenvalue weighted by Crippen LogP contribution is 2.53. The van der Waals surface area contributed by atoms with Gasteiger partial charge >= 0.3 is 0 Å². The Labute approximate surface area is 245 Å². The predicted molar refractivity (Wildman–Crippen MR) is 156 cm³/mol. The highest BCUT2D eigenvalue weighted by molar-refractivity contribution is 6.25. The quantitative estimate of drug-likeness (QED) is 0.385. The van der Waals surface area contributed by atoms with Crippen molar-refractivity contribution in [3.05, 3.63) is 45.4 Å². The second-order valence-electron chi connectivity index (χ2n) is 13.5. The molecular weight excluding hydrogens is 538 g/mol. The third-order valence-corrected chi connectivity index (χ3v) is 10.6. The summed E-state index contributed by atoms with van der Waals surface area (Å²) in [4.78, 5) is 46.2. The molecule has 10 nitrogen and oxygen atoms in total. The monoisotopic (exact) mass is 579 g/mol. The van der Waals surface area contributed by atoms with Gasteiger partial charge in [-0.05, 0) is 76.1 Å². The first-order valence-electron chi connectivity index (χ1n) is 14.9. The zero-order valence-electron chi connectivity index (χ0n) is 25.0. The number of anilines is 1. The van der Waals surface area contributed by atoms with E-state index < -0.39 is 57.9 Å². The van der Waals surface area contributed by atoms with Crippen molar-refractivity contribution in [2.45, 2.75) is 57.2 Å². The fourth-order valence-electron chi connectivity index (χ4n) is 8.68. The van der Waals surface area contributed by atoms with Crippen molar-refractivity contribution < 1.29 is 34.8 Å². The predicted octanol–water partition coefficient (Wildman–Crippen LogP) is 2.52. The molecule has 1 aromatic carbocycles. The van der Waals surface area contributed by atoms with Crippen molar-refractivity contribution in [3.8, 4) is 5.75 Å². The molecule has 4 N–H and O–H groups in total. The number of likely N-dealkylation sites (N-methyl/N-ethyl adjacent to an activating group) is 1. The Bertz CT molecular complexity index is 1450. The molecule has 0 spiro atoms. The Morgan fingerprint density at radius 3 is 2.29 bits per heavy atom. The molecule has 6 rings (SSSR count). The number of hydrogen-bond donors (Lipinski definition) is 4. The Kier molecular flexibility index (Phi) is 6.83. The first-order valence-corrected chi connectivity index (χ1v) is 14.9. The zero-order chi connectivity index (χ0) is 30.4. The molecule has 6 atom stereocenters. The number of phenols is 1. The number of aliphatic hydroxyl groups excluding tert-OH is 2. The topological polar surface area (TPSA) is 142 Å². The molecule has 2 unspecified atom stereocenters. The van der Waals surface area contributed by atoms with Crippen LogP contribution in [0.2, 0.25) is 0 Å². The molecule has 4 aliphatic carbocycles. The molecule has 1 saturated heterocycles. The minimum atomic E-state index is -2.56. The van der Waals surface area contributed by atoms with E-state index in [2.05, 4.69) is 4.90 Å². The Balaban J connectivity index is 1.46. The molecule has 0 amide bonds. The van der Waals surface area contributed by atoms with Crippen molar-refractivity contribution in [2.75, 3.05) is 46.2 Å². The molecule has 42 heavy (non-hydrogen) atoms. The molecule has 1 aliphatic heterocycles. The minimum Gasteiger partial charge on any atom is -0.510 e. The lowest BCUT2D eigenvalue weighted by molar-refractivity contribution is -0.148. The van der Waals surface area contributed by atoms with Gasteiger partial charge in [-0.25, -0.2) is 0 Å². The van der Waals surface area contributed by atoms with Crippen LogP contribution in [0.4, 0.5) is 5.69 Å². The van der Waals surface area contributed by atoms with Crippen LogP contribution in [0.5, 0.6) is 5.75 Å². The second kappa shape index (κ2) is 9.92. The fourth-order valence-corrected chi connectivity index (χ4v) is 8.68. The van der Waals surface area contributed by atoms with Gasteiger partial charge in [0.05, 0.1) is 11.6 Å². The second-order valence-corrected chi connectivity index (χ2v) is 13.5. The van der Waals surface area contributed by atoms with E-state index in [1.165, 1.54) is 19.3 Å². The van der Waals surface area contributed by atoms with E-state index in [4.69, 9.17) is 0 Å². The van der Waals surface area contributed by atoms with Gasteiger partial charge in [-0.2, -0.15) is 0 Å². The maximum atomic E-state index is 14.3. The van der Waals surface area contributed by atoms with E-state index in [-0.39, 0.29) is 23.3 Å². The standard InChI is InChI=1S/C32H41N3O7/c1-15(36)23-29(39)26(34(4)5)21-10-18-9-20-22(33(2)3)11-19(14-35-12-16-7-6-8-17(16)13-35)27(37)25(20)28(38)24(18)31(41)32(21,42)30(23)40/h11,16-18,21,26,37,39,41-42H,6-10,12-14H2,1-5H3/t16?,17?,18-,21-,26-,32+/m0/s1. The number of carbonyl (C=O) groups excluding carboxylic acids is 3. The lowest BCUT2D eigenvalue weighted by atomic mass is 9.58. The summed E-state index contributed by atoms with van der Waals surface area (Å²) in [6, 6.07) is 1.01. The van der Waals surface area contributed by atoms with E-state index >= 15 is 0 Å². The lowest BCUT2D eigenvalue weighted by Crippen LogP contribution is -2.63. The molecule has 5 aliphatic rings. The SMILES string of the molecule is CC(=O)C1=C(O)[C@@H](N(C)C)[C@@H]2C[C@@H]3Cc4c(N(C)C)cc(CN5CC6CCCC6C5)c(O)c4C(=O)C3=C(O)[C@]2(O)C1=O. The van der Waals surface area contributed by atoms with Crippen LogP contribution >= 0.6 is 0 Å². The fraction of sp³-hybridized carbons (Fsp3) is 0.594. The normalized spacial score (nSPS) is 32.7. The average Bonchev–Trinajstić information content (AvgIpc) is 3.49. The third kappa shape index (κ3) is 3.98. The van der Waals surface area contributed by atoms with Crippen LogP contribution in [-0.2, 0) is 22.6 Å². The highest BCUT2D eigenvalue weighted by Gasteiger charge is 2.63. The summed E-state index contributed by atoms with van der Waals surface area (Å²) in [5.74, 6) is -4.05. The van der Waals surface area contributed by atoms with Gasteiger partial charge in [0.1, 0.15) is 22.8 Å². The van der Waals surface area contributed by atoms with Crippen LogP contribution in [0.3, 0.4) is 0 Å². The molecule has 0 bridgehead atoms. The van der Waals surface area contributed by atoms with Crippen molar-refractivity contribution >= 4 is 23.0 Å². The van der Waals surface area contributed by atoms with Gasteiger partial charge in [0, 0.05) is 56.5 Å². The van der Waals surface area contributed by atoms with Crippen LogP contribution in [0.1, 0.15) is 54.1 Å². The number of ketones is 3. The average molecular weight is 580 g/mol. The van der Waals surface area contributed by atoms with E-state index in [1.54, 1.807) is 19.0 Å². The number of nitrogens with zero attached hydrogens (tertiary/aromatic N) is 3. The largest absolute Gasteiger partial charge is 0.510 e. The molecule has 226 valence electrons. The number of carbonyl (C=O) groups is 3. The number of benzene rings is 1. The Morgan fingerprint density at radius 2 is 1.71 bits per heavy atom.